The van der Waals surface area contributed by atoms with Crippen LogP contribution in [0.5, 0.6) is 0 Å². The van der Waals surface area contributed by atoms with Gasteiger partial charge < -0.3 is 53.6 Å². The van der Waals surface area contributed by atoms with Gasteiger partial charge in [-0.2, -0.15) is 0 Å². The molecular weight excluding hydrogens is 652 g/mol. The maximum Gasteiger partial charge on any atom is 0.311 e. The van der Waals surface area contributed by atoms with Gasteiger partial charge in [0.15, 0.2) is 12.6 Å². The van der Waals surface area contributed by atoms with Crippen LogP contribution in [-0.4, -0.2) is 125 Å². The van der Waals surface area contributed by atoms with Crippen LogP contribution in [0.25, 0.3) is 0 Å². The van der Waals surface area contributed by atoms with E-state index < -0.39 is 102 Å². The largest absolute Gasteiger partial charge is 0.459 e. The Morgan fingerprint density at radius 2 is 1.42 bits per heavy atom. The lowest BCUT2D eigenvalue weighted by atomic mass is 9.74. The highest BCUT2D eigenvalue weighted by atomic mass is 16.7. The van der Waals surface area contributed by atoms with Crippen LogP contribution in [0.4, 0.5) is 0 Å². The molecule has 13 nitrogen and oxygen atoms in total. The molecule has 0 aromatic heterocycles. The molecule has 3 aliphatic rings. The molecule has 292 valence electrons. The van der Waals surface area contributed by atoms with Gasteiger partial charge in [-0.15, -0.1) is 0 Å². The minimum absolute atomic E-state index is 0.123. The topological polar surface area (TPSA) is 180 Å². The summed E-state index contributed by atoms with van der Waals surface area (Å²) in [6, 6.07) is 0. The third kappa shape index (κ3) is 8.91. The first kappa shape index (κ1) is 43.1. The van der Waals surface area contributed by atoms with Gasteiger partial charge in [0.2, 0.25) is 0 Å². The molecule has 0 spiro atoms. The Morgan fingerprint density at radius 3 is 1.98 bits per heavy atom. The van der Waals surface area contributed by atoms with Crippen molar-refractivity contribution in [2.45, 2.75) is 180 Å². The number of hydrogen-bond acceptors (Lipinski definition) is 13. The maximum absolute atomic E-state index is 14.1. The number of carbonyl (C=O) groups excluding carboxylic acids is 2. The number of hydrogen-bond donors (Lipinski definition) is 4. The molecule has 0 aromatic rings. The molecule has 0 aromatic carbocycles. The molecule has 3 heterocycles. The van der Waals surface area contributed by atoms with Crippen molar-refractivity contribution in [3.8, 4) is 0 Å². The lowest BCUT2D eigenvalue weighted by Crippen LogP contribution is -2.60. The predicted molar refractivity (Wildman–Crippen MR) is 183 cm³/mol. The fourth-order valence-corrected chi connectivity index (χ4v) is 8.34. The summed E-state index contributed by atoms with van der Waals surface area (Å²) in [7, 11) is 3.01. The summed E-state index contributed by atoms with van der Waals surface area (Å²) in [5, 5.41) is 45.1. The molecule has 3 saturated heterocycles. The number of ether oxygens (including phenoxy) is 7. The zero-order chi connectivity index (χ0) is 38.1. The van der Waals surface area contributed by atoms with Crippen LogP contribution < -0.4 is 0 Å². The van der Waals surface area contributed by atoms with E-state index >= 15 is 0 Å². The number of cyclic esters (lactones) is 1. The molecule has 18 atom stereocenters. The quantitative estimate of drug-likeness (QED) is 0.283. The molecule has 0 amide bonds. The van der Waals surface area contributed by atoms with Crippen molar-refractivity contribution in [2.24, 2.45) is 29.6 Å². The van der Waals surface area contributed by atoms with Crippen molar-refractivity contribution >= 4 is 11.8 Å². The fourth-order valence-electron chi connectivity index (χ4n) is 8.34. The highest BCUT2D eigenvalue weighted by molar-refractivity contribution is 5.83. The SMILES string of the molecule is CC[C@H]1OC(=O)[C@H](C)[C@@H](O[C@H]2C[C@@](C)(OC)[C@@H](O)[C@H](C)O2)[C@H](C)[C@@H](O[C@@H]2O[C@H](C)C[C@H](C)[C@H]2O)[C@@](C)(OC)C[C@@H](C)C(=O)[C@H](C)[C@@H](O)[C@]1(C)O. The smallest absolute Gasteiger partial charge is 0.311 e. The highest BCUT2D eigenvalue weighted by Crippen LogP contribution is 2.42. The average molecular weight is 719 g/mol. The van der Waals surface area contributed by atoms with Gasteiger partial charge >= 0.3 is 5.97 Å². The van der Waals surface area contributed by atoms with Gasteiger partial charge in [-0.05, 0) is 66.7 Å². The average Bonchev–Trinajstić information content (AvgIpc) is 3.06. The Bertz CT molecular complexity index is 1130. The first-order chi connectivity index (χ1) is 23.1. The summed E-state index contributed by atoms with van der Waals surface area (Å²) >= 11 is 0. The number of rotatable bonds is 7. The standard InChI is InChI=1S/C37H66O13/c1-14-25-37(11,43)30(40)21(5)27(38)19(3)16-36(10,45-13)32(50-34-28(39)18(2)15-20(4)46-34)22(6)29(23(7)33(42)48-25)49-26-17-35(9,44-12)31(41)24(8)47-26/h18-26,28-32,34,39-41,43H,14-17H2,1-13H3/t18-,19+,20+,21-,22-,23+,24-,25+,26-,28+,29-,30+,31-,32+,34-,35+,36-,37+/m0/s1. The number of esters is 1. The van der Waals surface area contributed by atoms with Gasteiger partial charge in [0.1, 0.15) is 29.7 Å². The Morgan fingerprint density at radius 1 is 0.820 bits per heavy atom. The Balaban J connectivity index is 2.20. The third-order valence-corrected chi connectivity index (χ3v) is 11.9. The van der Waals surface area contributed by atoms with Crippen molar-refractivity contribution in [2.75, 3.05) is 14.2 Å². The minimum Gasteiger partial charge on any atom is -0.459 e. The second-order valence-electron chi connectivity index (χ2n) is 16.1. The maximum atomic E-state index is 14.1. The Kier molecular flexibility index (Phi) is 14.5. The van der Waals surface area contributed by atoms with Gasteiger partial charge in [0.05, 0.1) is 47.6 Å². The molecule has 0 bridgehead atoms. The van der Waals surface area contributed by atoms with Crippen molar-refractivity contribution in [3.05, 3.63) is 0 Å². The first-order valence-electron chi connectivity index (χ1n) is 18.3. The fraction of sp³-hybridized carbons (Fsp3) is 0.946. The summed E-state index contributed by atoms with van der Waals surface area (Å²) in [5.74, 6) is -4.54. The van der Waals surface area contributed by atoms with Crippen molar-refractivity contribution in [1.29, 1.82) is 0 Å². The van der Waals surface area contributed by atoms with E-state index in [1.807, 2.05) is 20.8 Å². The van der Waals surface area contributed by atoms with Gasteiger partial charge in [-0.3, -0.25) is 9.59 Å². The van der Waals surface area contributed by atoms with Crippen LogP contribution in [0, 0.1) is 29.6 Å². The number of aliphatic hydroxyl groups excluding tert-OH is 3. The van der Waals surface area contributed by atoms with Crippen molar-refractivity contribution in [3.63, 3.8) is 0 Å². The minimum atomic E-state index is -1.96. The van der Waals surface area contributed by atoms with Crippen LogP contribution in [0.15, 0.2) is 0 Å². The van der Waals surface area contributed by atoms with Crippen LogP contribution in [0.3, 0.4) is 0 Å². The lowest BCUT2D eigenvalue weighted by Gasteiger charge is -2.49. The van der Waals surface area contributed by atoms with E-state index in [1.54, 1.807) is 48.5 Å². The normalized spacial score (nSPS) is 50.4. The number of Topliss-reactive ketones (excluding diaryl/α,β-unsaturated/α-hetero) is 1. The van der Waals surface area contributed by atoms with Gasteiger partial charge in [0.25, 0.3) is 0 Å². The van der Waals surface area contributed by atoms with E-state index in [0.29, 0.717) is 6.42 Å². The van der Waals surface area contributed by atoms with Crippen LogP contribution >= 0.6 is 0 Å². The summed E-state index contributed by atoms with van der Waals surface area (Å²) in [4.78, 5) is 28.0. The second kappa shape index (κ2) is 16.8. The number of carbonyl (C=O) groups is 2. The molecule has 50 heavy (non-hydrogen) atoms. The molecule has 3 aliphatic heterocycles. The molecule has 0 saturated carbocycles. The second-order valence-corrected chi connectivity index (χ2v) is 16.1. The van der Waals surface area contributed by atoms with E-state index in [-0.39, 0.29) is 37.1 Å². The van der Waals surface area contributed by atoms with Crippen LogP contribution in [-0.2, 0) is 42.7 Å². The monoisotopic (exact) mass is 718 g/mol. The predicted octanol–water partition coefficient (Wildman–Crippen LogP) is 3.15. The van der Waals surface area contributed by atoms with Crippen molar-refractivity contribution in [1.82, 2.24) is 0 Å². The Hall–Kier alpha value is -1.26. The molecule has 4 N–H and O–H groups in total. The number of aliphatic hydroxyl groups is 4. The zero-order valence-electron chi connectivity index (χ0n) is 32.5. The van der Waals surface area contributed by atoms with Crippen LogP contribution in [0.2, 0.25) is 0 Å². The molecule has 0 aliphatic carbocycles. The summed E-state index contributed by atoms with van der Waals surface area (Å²) in [5.41, 5.74) is -4.20. The molecule has 0 unspecified atom stereocenters. The summed E-state index contributed by atoms with van der Waals surface area (Å²) < 4.78 is 43.6. The van der Waals surface area contributed by atoms with Gasteiger partial charge in [-0.25, -0.2) is 0 Å². The molecule has 0 radical (unpaired) electrons. The van der Waals surface area contributed by atoms with Crippen molar-refractivity contribution < 1.29 is 63.2 Å². The molecule has 3 rings (SSSR count). The summed E-state index contributed by atoms with van der Waals surface area (Å²) in [6.07, 6.45) is -8.37. The van der Waals surface area contributed by atoms with E-state index in [2.05, 4.69) is 0 Å². The highest BCUT2D eigenvalue weighted by Gasteiger charge is 2.53. The van der Waals surface area contributed by atoms with Gasteiger partial charge in [-0.1, -0.05) is 34.6 Å². The van der Waals surface area contributed by atoms with E-state index in [4.69, 9.17) is 33.2 Å². The Labute approximate surface area is 298 Å². The van der Waals surface area contributed by atoms with E-state index in [9.17, 15) is 30.0 Å². The van der Waals surface area contributed by atoms with E-state index in [1.165, 1.54) is 21.1 Å². The van der Waals surface area contributed by atoms with E-state index in [0.717, 1.165) is 0 Å². The lowest BCUT2D eigenvalue weighted by molar-refractivity contribution is -0.319. The molecular formula is C37H66O13. The molecule has 13 heteroatoms. The summed E-state index contributed by atoms with van der Waals surface area (Å²) in [6.45, 7) is 19.0. The zero-order valence-corrected chi connectivity index (χ0v) is 32.5. The third-order valence-electron chi connectivity index (χ3n) is 11.9. The molecule has 3 fully saturated rings. The van der Waals surface area contributed by atoms with Crippen LogP contribution in [0.1, 0.15) is 102 Å². The van der Waals surface area contributed by atoms with Gasteiger partial charge in [0, 0.05) is 38.4 Å². The number of ketones is 1. The number of methoxy groups -OCH3 is 2. The first-order valence-corrected chi connectivity index (χ1v) is 18.3.